The maximum absolute atomic E-state index is 10.8. The minimum atomic E-state index is -0.902. The van der Waals surface area contributed by atoms with Crippen LogP contribution in [-0.2, 0) is 0 Å². The number of aryl methyl sites for hydroxylation is 2. The third kappa shape index (κ3) is 2.35. The van der Waals surface area contributed by atoms with Crippen molar-refractivity contribution in [2.75, 3.05) is 0 Å². The molecule has 1 N–H and O–H groups in total. The van der Waals surface area contributed by atoms with Crippen molar-refractivity contribution in [1.82, 2.24) is 0 Å². The summed E-state index contributed by atoms with van der Waals surface area (Å²) in [6.45, 7) is 4.02. The largest absolute Gasteiger partial charge is 0.477 e. The highest BCUT2D eigenvalue weighted by Gasteiger charge is 2.11. The summed E-state index contributed by atoms with van der Waals surface area (Å²) in [6, 6.07) is 7.31. The number of aromatic carboxylic acids is 1. The molecule has 4 heteroatoms. The van der Waals surface area contributed by atoms with Crippen molar-refractivity contribution in [1.29, 1.82) is 0 Å². The Morgan fingerprint density at radius 3 is 2.47 bits per heavy atom. The van der Waals surface area contributed by atoms with Gasteiger partial charge in [-0.2, -0.15) is 0 Å². The molecule has 17 heavy (non-hydrogen) atoms. The summed E-state index contributed by atoms with van der Waals surface area (Å²) in [6.07, 6.45) is 0. The van der Waals surface area contributed by atoms with Crippen LogP contribution >= 0.6 is 22.9 Å². The molecule has 0 aliphatic heterocycles. The topological polar surface area (TPSA) is 37.3 Å². The van der Waals surface area contributed by atoms with E-state index in [4.69, 9.17) is 16.7 Å². The molecule has 2 aromatic rings. The van der Waals surface area contributed by atoms with Crippen molar-refractivity contribution in [3.63, 3.8) is 0 Å². The summed E-state index contributed by atoms with van der Waals surface area (Å²) < 4.78 is 0. The Labute approximate surface area is 108 Å². The van der Waals surface area contributed by atoms with Crippen LogP contribution in [0.15, 0.2) is 24.3 Å². The summed E-state index contributed by atoms with van der Waals surface area (Å²) >= 11 is 7.42. The molecule has 2 rings (SSSR count). The quantitative estimate of drug-likeness (QED) is 0.876. The Hall–Kier alpha value is -1.32. The Balaban J connectivity index is 2.52. The van der Waals surface area contributed by atoms with Gasteiger partial charge in [-0.05, 0) is 49.2 Å². The van der Waals surface area contributed by atoms with Crippen molar-refractivity contribution in [3.8, 4) is 10.4 Å². The molecular formula is C13H11ClO2S. The highest BCUT2D eigenvalue weighted by molar-refractivity contribution is 7.17. The fourth-order valence-corrected chi connectivity index (χ4v) is 2.82. The normalized spacial score (nSPS) is 10.5. The Bertz CT molecular complexity index is 587. The maximum atomic E-state index is 10.8. The summed E-state index contributed by atoms with van der Waals surface area (Å²) in [4.78, 5) is 12.0. The summed E-state index contributed by atoms with van der Waals surface area (Å²) in [5, 5.41) is 9.55. The molecule has 0 fully saturated rings. The predicted molar refractivity (Wildman–Crippen MR) is 71.2 cm³/mol. The number of halogens is 1. The molecule has 0 spiro atoms. The van der Waals surface area contributed by atoms with E-state index in [-0.39, 0.29) is 0 Å². The molecule has 1 aromatic heterocycles. The van der Waals surface area contributed by atoms with Gasteiger partial charge in [-0.25, -0.2) is 4.79 Å². The van der Waals surface area contributed by atoms with E-state index in [1.54, 1.807) is 12.1 Å². The number of hydrogen-bond acceptors (Lipinski definition) is 2. The number of carboxylic acids is 1. The van der Waals surface area contributed by atoms with Crippen LogP contribution in [0.25, 0.3) is 10.4 Å². The second-order valence-electron chi connectivity index (χ2n) is 3.89. The van der Waals surface area contributed by atoms with Gasteiger partial charge in [-0.1, -0.05) is 11.6 Å². The fourth-order valence-electron chi connectivity index (χ4n) is 1.57. The van der Waals surface area contributed by atoms with Crippen LogP contribution in [0, 0.1) is 13.8 Å². The smallest absolute Gasteiger partial charge is 0.345 e. The fraction of sp³-hybridized carbons (Fsp3) is 0.154. The maximum Gasteiger partial charge on any atom is 0.345 e. The van der Waals surface area contributed by atoms with E-state index in [0.717, 1.165) is 21.6 Å². The Kier molecular flexibility index (Phi) is 3.22. The molecule has 0 amide bonds. The molecule has 0 saturated heterocycles. The lowest BCUT2D eigenvalue weighted by Crippen LogP contribution is -1.89. The average Bonchev–Trinajstić information content (AvgIpc) is 2.72. The SMILES string of the molecule is Cc1cc(Cl)c(-c2ccc(C(=O)O)s2)cc1C. The molecule has 0 atom stereocenters. The lowest BCUT2D eigenvalue weighted by atomic mass is 10.1. The van der Waals surface area contributed by atoms with E-state index >= 15 is 0 Å². The number of rotatable bonds is 2. The molecule has 2 nitrogen and oxygen atoms in total. The van der Waals surface area contributed by atoms with Crippen LogP contribution in [-0.4, -0.2) is 11.1 Å². The van der Waals surface area contributed by atoms with Crippen LogP contribution in [0.5, 0.6) is 0 Å². The first-order chi connectivity index (χ1) is 7.99. The Morgan fingerprint density at radius 2 is 1.88 bits per heavy atom. The van der Waals surface area contributed by atoms with E-state index in [2.05, 4.69) is 0 Å². The first-order valence-electron chi connectivity index (χ1n) is 5.09. The third-order valence-corrected chi connectivity index (χ3v) is 4.08. The monoisotopic (exact) mass is 266 g/mol. The van der Waals surface area contributed by atoms with E-state index < -0.39 is 5.97 Å². The molecule has 1 heterocycles. The van der Waals surface area contributed by atoms with Gasteiger partial charge in [-0.3, -0.25) is 0 Å². The standard InChI is InChI=1S/C13H11ClO2S/c1-7-5-9(10(14)6-8(7)2)11-3-4-12(17-11)13(15)16/h3-6H,1-2H3,(H,15,16). The Morgan fingerprint density at radius 1 is 1.24 bits per heavy atom. The number of carboxylic acid groups (broad SMARTS) is 1. The number of hydrogen-bond donors (Lipinski definition) is 1. The summed E-state index contributed by atoms with van der Waals surface area (Å²) in [5.41, 5.74) is 3.18. The van der Waals surface area contributed by atoms with Gasteiger partial charge in [-0.15, -0.1) is 11.3 Å². The molecule has 0 aliphatic rings. The molecule has 0 unspecified atom stereocenters. The van der Waals surface area contributed by atoms with Crippen LogP contribution in [0.4, 0.5) is 0 Å². The minimum Gasteiger partial charge on any atom is -0.477 e. The molecular weight excluding hydrogens is 256 g/mol. The zero-order valence-electron chi connectivity index (χ0n) is 9.45. The second kappa shape index (κ2) is 4.51. The van der Waals surface area contributed by atoms with Crippen LogP contribution < -0.4 is 0 Å². The number of benzene rings is 1. The average molecular weight is 267 g/mol. The number of thiophene rings is 1. The van der Waals surface area contributed by atoms with E-state index in [1.807, 2.05) is 26.0 Å². The third-order valence-electron chi connectivity index (χ3n) is 2.67. The molecule has 0 aliphatic carbocycles. The molecule has 88 valence electrons. The van der Waals surface area contributed by atoms with Crippen LogP contribution in [0.2, 0.25) is 5.02 Å². The highest BCUT2D eigenvalue weighted by atomic mass is 35.5. The highest BCUT2D eigenvalue weighted by Crippen LogP contribution is 2.35. The molecule has 0 bridgehead atoms. The van der Waals surface area contributed by atoms with Crippen molar-refractivity contribution in [3.05, 3.63) is 45.3 Å². The van der Waals surface area contributed by atoms with Crippen molar-refractivity contribution in [2.45, 2.75) is 13.8 Å². The minimum absolute atomic E-state index is 0.328. The zero-order valence-corrected chi connectivity index (χ0v) is 11.0. The van der Waals surface area contributed by atoms with Gasteiger partial charge in [0.25, 0.3) is 0 Å². The van der Waals surface area contributed by atoms with E-state index in [0.29, 0.717) is 9.90 Å². The van der Waals surface area contributed by atoms with Gasteiger partial charge in [0.2, 0.25) is 0 Å². The summed E-state index contributed by atoms with van der Waals surface area (Å²) in [5.74, 6) is -0.902. The number of carbonyl (C=O) groups is 1. The summed E-state index contributed by atoms with van der Waals surface area (Å²) in [7, 11) is 0. The zero-order chi connectivity index (χ0) is 12.6. The van der Waals surface area contributed by atoms with Gasteiger partial charge < -0.3 is 5.11 Å². The first-order valence-corrected chi connectivity index (χ1v) is 6.28. The van der Waals surface area contributed by atoms with Crippen LogP contribution in [0.1, 0.15) is 20.8 Å². The van der Waals surface area contributed by atoms with Crippen molar-refractivity contribution < 1.29 is 9.90 Å². The molecule has 0 radical (unpaired) electrons. The van der Waals surface area contributed by atoms with Gasteiger partial charge in [0, 0.05) is 15.5 Å². The van der Waals surface area contributed by atoms with Crippen molar-refractivity contribution >= 4 is 28.9 Å². The van der Waals surface area contributed by atoms with E-state index in [1.165, 1.54) is 11.3 Å². The van der Waals surface area contributed by atoms with Crippen LogP contribution in [0.3, 0.4) is 0 Å². The molecule has 1 aromatic carbocycles. The second-order valence-corrected chi connectivity index (χ2v) is 5.38. The molecule has 0 saturated carbocycles. The van der Waals surface area contributed by atoms with Gasteiger partial charge in [0.15, 0.2) is 0 Å². The van der Waals surface area contributed by atoms with Gasteiger partial charge in [0.05, 0.1) is 0 Å². The van der Waals surface area contributed by atoms with Gasteiger partial charge in [0.1, 0.15) is 4.88 Å². The predicted octanol–water partition coefficient (Wildman–Crippen LogP) is 4.38. The van der Waals surface area contributed by atoms with Gasteiger partial charge >= 0.3 is 5.97 Å². The van der Waals surface area contributed by atoms with E-state index in [9.17, 15) is 4.79 Å². The first kappa shape index (κ1) is 12.1. The lowest BCUT2D eigenvalue weighted by molar-refractivity contribution is 0.0702. The van der Waals surface area contributed by atoms with Crippen molar-refractivity contribution in [2.24, 2.45) is 0 Å². The lowest BCUT2D eigenvalue weighted by Gasteiger charge is -2.06.